The molecule has 1 atom stereocenters. The van der Waals surface area contributed by atoms with E-state index < -0.39 is 0 Å². The first kappa shape index (κ1) is 17.3. The summed E-state index contributed by atoms with van der Waals surface area (Å²) in [5.41, 5.74) is 1.62. The molecule has 2 rings (SSSR count). The molecule has 1 amide bonds. The van der Waals surface area contributed by atoms with Crippen molar-refractivity contribution in [2.45, 2.75) is 13.0 Å². The zero-order valence-corrected chi connectivity index (χ0v) is 14.5. The summed E-state index contributed by atoms with van der Waals surface area (Å²) < 4.78 is 18.9. The van der Waals surface area contributed by atoms with Crippen LogP contribution in [0.2, 0.25) is 0 Å². The minimum absolute atomic E-state index is 0.122. The number of rotatable bonds is 6. The van der Waals surface area contributed by atoms with Crippen molar-refractivity contribution >= 4 is 27.5 Å². The average Bonchev–Trinajstić information content (AvgIpc) is 2.54. The second-order valence-electron chi connectivity index (χ2n) is 5.04. The van der Waals surface area contributed by atoms with E-state index in [2.05, 4.69) is 26.6 Å². The number of methoxy groups -OCH3 is 1. The minimum atomic E-state index is -0.295. The summed E-state index contributed by atoms with van der Waals surface area (Å²) in [6.45, 7) is 1.98. The van der Waals surface area contributed by atoms with Crippen molar-refractivity contribution in [3.63, 3.8) is 0 Å². The Labute approximate surface area is 143 Å². The molecule has 1 unspecified atom stereocenters. The molecule has 0 aromatic heterocycles. The van der Waals surface area contributed by atoms with Crippen LogP contribution in [0.15, 0.2) is 46.9 Å². The highest BCUT2D eigenvalue weighted by molar-refractivity contribution is 9.10. The summed E-state index contributed by atoms with van der Waals surface area (Å²) in [6, 6.07) is 11.4. The van der Waals surface area contributed by atoms with Crippen LogP contribution in [0.3, 0.4) is 0 Å². The van der Waals surface area contributed by atoms with Gasteiger partial charge in [0.15, 0.2) is 0 Å². The number of anilines is 1. The standard InChI is InChI=1S/C17H18BrFN2O2/c1-11(12-3-5-13(19)6-4-12)21-17(22)10-20-16-9-14(23-2)7-8-15(16)18/h3-9,11,20H,10H2,1-2H3,(H,21,22). The van der Waals surface area contributed by atoms with Gasteiger partial charge in [-0.1, -0.05) is 12.1 Å². The predicted molar refractivity (Wildman–Crippen MR) is 92.1 cm³/mol. The van der Waals surface area contributed by atoms with Crippen molar-refractivity contribution in [1.82, 2.24) is 5.32 Å². The van der Waals surface area contributed by atoms with Gasteiger partial charge in [0.1, 0.15) is 11.6 Å². The van der Waals surface area contributed by atoms with Crippen LogP contribution in [0.5, 0.6) is 5.75 Å². The highest BCUT2D eigenvalue weighted by Crippen LogP contribution is 2.26. The van der Waals surface area contributed by atoms with Crippen LogP contribution in [0, 0.1) is 5.82 Å². The van der Waals surface area contributed by atoms with Crippen molar-refractivity contribution in [1.29, 1.82) is 0 Å². The quantitative estimate of drug-likeness (QED) is 0.799. The largest absolute Gasteiger partial charge is 0.497 e. The number of halogens is 2. The molecule has 6 heteroatoms. The van der Waals surface area contributed by atoms with Crippen LogP contribution >= 0.6 is 15.9 Å². The summed E-state index contributed by atoms with van der Waals surface area (Å²) in [4.78, 5) is 12.0. The smallest absolute Gasteiger partial charge is 0.239 e. The van der Waals surface area contributed by atoms with Gasteiger partial charge in [-0.05, 0) is 52.7 Å². The predicted octanol–water partition coefficient (Wildman–Crippen LogP) is 3.89. The van der Waals surface area contributed by atoms with Crippen LogP contribution in [0.1, 0.15) is 18.5 Å². The lowest BCUT2D eigenvalue weighted by Gasteiger charge is -2.15. The van der Waals surface area contributed by atoms with Crippen LogP contribution < -0.4 is 15.4 Å². The Bertz CT molecular complexity index is 677. The molecule has 2 aromatic carbocycles. The van der Waals surface area contributed by atoms with Crippen molar-refractivity contribution in [3.8, 4) is 5.75 Å². The molecular weight excluding hydrogens is 363 g/mol. The third kappa shape index (κ3) is 4.96. The number of benzene rings is 2. The minimum Gasteiger partial charge on any atom is -0.497 e. The molecule has 0 aliphatic rings. The molecule has 0 spiro atoms. The fourth-order valence-electron chi connectivity index (χ4n) is 2.07. The average molecular weight is 381 g/mol. The van der Waals surface area contributed by atoms with Crippen molar-refractivity contribution in [3.05, 3.63) is 58.3 Å². The third-order valence-corrected chi connectivity index (χ3v) is 4.05. The van der Waals surface area contributed by atoms with E-state index in [0.717, 1.165) is 15.7 Å². The summed E-state index contributed by atoms with van der Waals surface area (Å²) in [7, 11) is 1.59. The van der Waals surface area contributed by atoms with Crippen LogP contribution in [0.4, 0.5) is 10.1 Å². The summed E-state index contributed by atoms with van der Waals surface area (Å²) in [5, 5.41) is 5.92. The summed E-state index contributed by atoms with van der Waals surface area (Å²) in [5.74, 6) is 0.254. The third-order valence-electron chi connectivity index (χ3n) is 3.36. The van der Waals surface area contributed by atoms with Gasteiger partial charge in [0.05, 0.1) is 25.4 Å². The van der Waals surface area contributed by atoms with Crippen molar-refractivity contribution in [2.24, 2.45) is 0 Å². The van der Waals surface area contributed by atoms with E-state index in [4.69, 9.17) is 4.74 Å². The first-order valence-corrected chi connectivity index (χ1v) is 7.91. The Balaban J connectivity index is 1.91. The molecule has 0 heterocycles. The molecule has 0 aliphatic heterocycles. The van der Waals surface area contributed by atoms with E-state index in [-0.39, 0.29) is 24.3 Å². The number of nitrogens with one attached hydrogen (secondary N) is 2. The molecule has 2 N–H and O–H groups in total. The normalized spacial score (nSPS) is 11.7. The number of amides is 1. The number of hydrogen-bond donors (Lipinski definition) is 2. The Morgan fingerprint density at radius 2 is 1.96 bits per heavy atom. The van der Waals surface area contributed by atoms with Gasteiger partial charge >= 0.3 is 0 Å². The molecule has 122 valence electrons. The van der Waals surface area contributed by atoms with Gasteiger partial charge in [0, 0.05) is 10.5 Å². The van der Waals surface area contributed by atoms with E-state index in [1.807, 2.05) is 19.1 Å². The Kier molecular flexibility index (Phi) is 5.98. The number of carbonyl (C=O) groups is 1. The van der Waals surface area contributed by atoms with Crippen molar-refractivity contribution < 1.29 is 13.9 Å². The lowest BCUT2D eigenvalue weighted by molar-refractivity contribution is -0.120. The van der Waals surface area contributed by atoms with E-state index in [1.165, 1.54) is 12.1 Å². The maximum atomic E-state index is 12.9. The molecule has 0 aliphatic carbocycles. The topological polar surface area (TPSA) is 50.4 Å². The van der Waals surface area contributed by atoms with Crippen LogP contribution in [0.25, 0.3) is 0 Å². The van der Waals surface area contributed by atoms with Crippen LogP contribution in [-0.4, -0.2) is 19.6 Å². The number of hydrogen-bond acceptors (Lipinski definition) is 3. The molecule has 23 heavy (non-hydrogen) atoms. The SMILES string of the molecule is COc1ccc(Br)c(NCC(=O)NC(C)c2ccc(F)cc2)c1. The first-order valence-electron chi connectivity index (χ1n) is 7.12. The van der Waals surface area contributed by atoms with E-state index >= 15 is 0 Å². The second kappa shape index (κ2) is 7.97. The van der Waals surface area contributed by atoms with E-state index in [0.29, 0.717) is 5.75 Å². The highest BCUT2D eigenvalue weighted by atomic mass is 79.9. The van der Waals surface area contributed by atoms with Gasteiger partial charge in [-0.2, -0.15) is 0 Å². The molecule has 0 fully saturated rings. The molecule has 0 radical (unpaired) electrons. The second-order valence-corrected chi connectivity index (χ2v) is 5.89. The molecule has 4 nitrogen and oxygen atoms in total. The molecular formula is C17H18BrFN2O2. The zero-order valence-electron chi connectivity index (χ0n) is 12.9. The maximum absolute atomic E-state index is 12.9. The first-order chi connectivity index (χ1) is 11.0. The van der Waals surface area contributed by atoms with Gasteiger partial charge in [0.2, 0.25) is 5.91 Å². The zero-order chi connectivity index (χ0) is 16.8. The van der Waals surface area contributed by atoms with E-state index in [9.17, 15) is 9.18 Å². The molecule has 2 aromatic rings. The van der Waals surface area contributed by atoms with Gasteiger partial charge in [-0.25, -0.2) is 4.39 Å². The van der Waals surface area contributed by atoms with Gasteiger partial charge in [-0.3, -0.25) is 4.79 Å². The Morgan fingerprint density at radius 1 is 1.26 bits per heavy atom. The Morgan fingerprint density at radius 3 is 2.61 bits per heavy atom. The Hall–Kier alpha value is -2.08. The highest BCUT2D eigenvalue weighted by Gasteiger charge is 2.10. The van der Waals surface area contributed by atoms with Crippen LogP contribution in [-0.2, 0) is 4.79 Å². The van der Waals surface area contributed by atoms with Crippen molar-refractivity contribution in [2.75, 3.05) is 19.0 Å². The maximum Gasteiger partial charge on any atom is 0.239 e. The molecule has 0 bridgehead atoms. The number of ether oxygens (including phenoxy) is 1. The number of carbonyl (C=O) groups excluding carboxylic acids is 1. The fraction of sp³-hybridized carbons (Fsp3) is 0.235. The lowest BCUT2D eigenvalue weighted by atomic mass is 10.1. The summed E-state index contributed by atoms with van der Waals surface area (Å²) >= 11 is 3.42. The fourth-order valence-corrected chi connectivity index (χ4v) is 2.46. The van der Waals surface area contributed by atoms with Gasteiger partial charge in [-0.15, -0.1) is 0 Å². The van der Waals surface area contributed by atoms with Gasteiger partial charge in [0.25, 0.3) is 0 Å². The monoisotopic (exact) mass is 380 g/mol. The summed E-state index contributed by atoms with van der Waals surface area (Å²) in [6.07, 6.45) is 0. The lowest BCUT2D eigenvalue weighted by Crippen LogP contribution is -2.32. The van der Waals surface area contributed by atoms with Gasteiger partial charge < -0.3 is 15.4 Å². The molecule has 0 saturated carbocycles. The van der Waals surface area contributed by atoms with E-state index in [1.54, 1.807) is 25.3 Å². The molecule has 0 saturated heterocycles.